The molecule has 190 valence electrons. The van der Waals surface area contributed by atoms with Gasteiger partial charge in [0.05, 0.1) is 37.9 Å². The van der Waals surface area contributed by atoms with Crippen LogP contribution in [0.15, 0.2) is 72.8 Å². The van der Waals surface area contributed by atoms with E-state index in [0.717, 1.165) is 16.6 Å². The van der Waals surface area contributed by atoms with E-state index in [1.165, 1.54) is 0 Å². The second kappa shape index (κ2) is 10.3. The van der Waals surface area contributed by atoms with Gasteiger partial charge in [0.15, 0.2) is 17.4 Å². The van der Waals surface area contributed by atoms with E-state index in [9.17, 15) is 9.59 Å². The number of methoxy groups -OCH3 is 2. The summed E-state index contributed by atoms with van der Waals surface area (Å²) in [6.45, 7) is 2.26. The van der Waals surface area contributed by atoms with Crippen molar-refractivity contribution in [2.24, 2.45) is 5.92 Å². The zero-order valence-corrected chi connectivity index (χ0v) is 21.1. The number of imidazole rings is 1. The van der Waals surface area contributed by atoms with Gasteiger partial charge in [0.25, 0.3) is 0 Å². The molecule has 0 unspecified atom stereocenters. The molecule has 0 fully saturated rings. The van der Waals surface area contributed by atoms with Gasteiger partial charge in [-0.25, -0.2) is 4.98 Å². The van der Waals surface area contributed by atoms with E-state index < -0.39 is 17.9 Å². The maximum absolute atomic E-state index is 14.1. The molecule has 0 saturated carbocycles. The molecule has 1 aromatic heterocycles. The van der Waals surface area contributed by atoms with E-state index in [4.69, 9.17) is 19.2 Å². The number of carbonyl (C=O) groups excluding carboxylic acids is 2. The number of anilines is 1. The highest BCUT2D eigenvalue weighted by molar-refractivity contribution is 6.08. The van der Waals surface area contributed by atoms with Crippen LogP contribution >= 0.6 is 0 Å². The molecule has 3 aromatic carbocycles. The third-order valence-electron chi connectivity index (χ3n) is 6.70. The Labute approximate surface area is 215 Å². The van der Waals surface area contributed by atoms with E-state index >= 15 is 0 Å². The molecule has 5 rings (SSSR count). The molecule has 0 aliphatic carbocycles. The quantitative estimate of drug-likeness (QED) is 0.264. The first-order chi connectivity index (χ1) is 18.1. The molecule has 8 nitrogen and oxygen atoms in total. The molecule has 8 heteroatoms. The number of ether oxygens (including phenoxy) is 3. The van der Waals surface area contributed by atoms with Crippen LogP contribution in [0, 0.1) is 5.92 Å². The molecule has 37 heavy (non-hydrogen) atoms. The van der Waals surface area contributed by atoms with Crippen LogP contribution in [0.25, 0.3) is 11.0 Å². The number of amides is 1. The molecule has 2 heterocycles. The van der Waals surface area contributed by atoms with Crippen molar-refractivity contribution in [2.45, 2.75) is 19.4 Å². The lowest BCUT2D eigenvalue weighted by Crippen LogP contribution is -2.50. The third-order valence-corrected chi connectivity index (χ3v) is 6.70. The van der Waals surface area contributed by atoms with Crippen molar-refractivity contribution in [3.8, 4) is 11.5 Å². The smallest absolute Gasteiger partial charge is 0.321 e. The minimum Gasteiger partial charge on any atom is -0.493 e. The summed E-state index contributed by atoms with van der Waals surface area (Å²) in [5.74, 6) is -0.631. The summed E-state index contributed by atoms with van der Waals surface area (Å²) in [5.41, 5.74) is 3.26. The average Bonchev–Trinajstić information content (AvgIpc) is 3.31. The fraction of sp³-hybridized carbons (Fsp3) is 0.276. The zero-order chi connectivity index (χ0) is 25.9. The van der Waals surface area contributed by atoms with Gasteiger partial charge < -0.3 is 18.8 Å². The Hall–Kier alpha value is -4.33. The van der Waals surface area contributed by atoms with Crippen LogP contribution in [0.4, 0.5) is 5.95 Å². The Morgan fingerprint density at radius 2 is 1.70 bits per heavy atom. The summed E-state index contributed by atoms with van der Waals surface area (Å²) in [5, 5.41) is 0. The first-order valence-electron chi connectivity index (χ1n) is 12.3. The Balaban J connectivity index is 1.73. The van der Waals surface area contributed by atoms with Crippen LogP contribution in [0.1, 0.15) is 24.1 Å². The lowest BCUT2D eigenvalue weighted by Gasteiger charge is -2.38. The average molecular weight is 500 g/mol. The standard InChI is InChI=1S/C29H29N3O5/c1-4-37-28(34)24-25(20-13-10-16-23(35-2)26(20)36-3)32-22-15-9-8-14-21(22)30-29(32)31(27(24)33)18-17-19-11-6-5-7-12-19/h5-16,24-25H,4,17-18H2,1-3H3/t24-,25-/m0/s1. The minimum atomic E-state index is -1.14. The molecule has 2 atom stereocenters. The molecule has 0 saturated heterocycles. The number of hydrogen-bond donors (Lipinski definition) is 0. The number of nitrogens with zero attached hydrogens (tertiary/aromatic N) is 3. The maximum Gasteiger partial charge on any atom is 0.321 e. The predicted octanol–water partition coefficient (Wildman–Crippen LogP) is 4.41. The topological polar surface area (TPSA) is 82.9 Å². The number of aromatic nitrogens is 2. The molecular weight excluding hydrogens is 470 g/mol. The van der Waals surface area contributed by atoms with Gasteiger partial charge in [-0.3, -0.25) is 14.5 Å². The van der Waals surface area contributed by atoms with Gasteiger partial charge in [0, 0.05) is 12.1 Å². The zero-order valence-electron chi connectivity index (χ0n) is 21.1. The normalized spacial score (nSPS) is 16.9. The second-order valence-corrected chi connectivity index (χ2v) is 8.75. The lowest BCUT2D eigenvalue weighted by atomic mass is 9.88. The van der Waals surface area contributed by atoms with Gasteiger partial charge in [0.1, 0.15) is 0 Å². The lowest BCUT2D eigenvalue weighted by molar-refractivity contribution is -0.153. The van der Waals surface area contributed by atoms with Crippen molar-refractivity contribution >= 4 is 28.9 Å². The minimum absolute atomic E-state index is 0.159. The Bertz CT molecular complexity index is 1430. The second-order valence-electron chi connectivity index (χ2n) is 8.75. The van der Waals surface area contributed by atoms with Crippen LogP contribution < -0.4 is 14.4 Å². The molecule has 1 amide bonds. The van der Waals surface area contributed by atoms with E-state index in [1.54, 1.807) is 32.1 Å². The maximum atomic E-state index is 14.1. The SMILES string of the molecule is CCOC(=O)[C@@H]1C(=O)N(CCc2ccccc2)c2nc3ccccc3n2[C@H]1c1cccc(OC)c1OC. The van der Waals surface area contributed by atoms with Crippen molar-refractivity contribution < 1.29 is 23.8 Å². The first kappa shape index (κ1) is 24.4. The predicted molar refractivity (Wildman–Crippen MR) is 140 cm³/mol. The van der Waals surface area contributed by atoms with Gasteiger partial charge in [-0.2, -0.15) is 0 Å². The Morgan fingerprint density at radius 1 is 0.946 bits per heavy atom. The molecule has 0 spiro atoms. The van der Waals surface area contributed by atoms with Gasteiger partial charge in [-0.1, -0.05) is 54.6 Å². The van der Waals surface area contributed by atoms with Gasteiger partial charge in [0.2, 0.25) is 11.9 Å². The molecule has 4 aromatic rings. The van der Waals surface area contributed by atoms with Crippen LogP contribution in [0.3, 0.4) is 0 Å². The van der Waals surface area contributed by atoms with Crippen molar-refractivity contribution in [2.75, 3.05) is 32.3 Å². The first-order valence-corrected chi connectivity index (χ1v) is 12.3. The van der Waals surface area contributed by atoms with Crippen LogP contribution in [-0.4, -0.2) is 48.8 Å². The van der Waals surface area contributed by atoms with Gasteiger partial charge in [-0.15, -0.1) is 0 Å². The third kappa shape index (κ3) is 4.28. The number of esters is 1. The van der Waals surface area contributed by atoms with Crippen LogP contribution in [-0.2, 0) is 20.7 Å². The Kier molecular flexibility index (Phi) is 6.81. The fourth-order valence-electron chi connectivity index (χ4n) is 5.07. The Morgan fingerprint density at radius 3 is 2.43 bits per heavy atom. The number of para-hydroxylation sites is 3. The van der Waals surface area contributed by atoms with E-state index in [2.05, 4.69) is 0 Å². The van der Waals surface area contributed by atoms with Crippen molar-refractivity contribution in [1.29, 1.82) is 0 Å². The molecule has 0 N–H and O–H groups in total. The van der Waals surface area contributed by atoms with Crippen molar-refractivity contribution in [1.82, 2.24) is 9.55 Å². The number of benzene rings is 3. The van der Waals surface area contributed by atoms with E-state index in [1.807, 2.05) is 71.3 Å². The molecular formula is C29H29N3O5. The summed E-state index contributed by atoms with van der Waals surface area (Å²) < 4.78 is 18.7. The number of rotatable bonds is 8. The van der Waals surface area contributed by atoms with Crippen molar-refractivity contribution in [3.63, 3.8) is 0 Å². The highest BCUT2D eigenvalue weighted by Crippen LogP contribution is 2.46. The highest BCUT2D eigenvalue weighted by atomic mass is 16.5. The molecule has 1 aliphatic heterocycles. The monoisotopic (exact) mass is 499 g/mol. The summed E-state index contributed by atoms with van der Waals surface area (Å²) in [4.78, 5) is 34.1. The summed E-state index contributed by atoms with van der Waals surface area (Å²) in [7, 11) is 3.10. The number of fused-ring (bicyclic) bond motifs is 3. The molecule has 0 bridgehead atoms. The van der Waals surface area contributed by atoms with E-state index in [-0.39, 0.29) is 12.5 Å². The van der Waals surface area contributed by atoms with Crippen molar-refractivity contribution in [3.05, 3.63) is 83.9 Å². The highest BCUT2D eigenvalue weighted by Gasteiger charge is 2.48. The van der Waals surface area contributed by atoms with Crippen LogP contribution in [0.2, 0.25) is 0 Å². The van der Waals surface area contributed by atoms with E-state index in [0.29, 0.717) is 36.0 Å². The van der Waals surface area contributed by atoms with Gasteiger partial charge in [-0.05, 0) is 37.1 Å². The molecule has 1 aliphatic rings. The number of carbonyl (C=O) groups is 2. The summed E-state index contributed by atoms with van der Waals surface area (Å²) >= 11 is 0. The fourth-order valence-corrected chi connectivity index (χ4v) is 5.07. The van der Waals surface area contributed by atoms with Gasteiger partial charge >= 0.3 is 5.97 Å². The number of hydrogen-bond acceptors (Lipinski definition) is 6. The summed E-state index contributed by atoms with van der Waals surface area (Å²) in [6, 6.07) is 22.3. The summed E-state index contributed by atoms with van der Waals surface area (Å²) in [6.07, 6.45) is 0.610. The largest absolute Gasteiger partial charge is 0.493 e. The van der Waals surface area contributed by atoms with Crippen LogP contribution in [0.5, 0.6) is 11.5 Å². The molecule has 0 radical (unpaired) electrons.